The van der Waals surface area contributed by atoms with Crippen LogP contribution in [-0.4, -0.2) is 29.8 Å². The smallest absolute Gasteiger partial charge is 0.321 e. The minimum Gasteiger partial charge on any atom is -0.324 e. The van der Waals surface area contributed by atoms with Gasteiger partial charge in [-0.25, -0.2) is 4.79 Å². The van der Waals surface area contributed by atoms with Crippen molar-refractivity contribution in [3.63, 3.8) is 0 Å². The number of nitrogens with one attached hydrogen (secondary N) is 1. The second-order valence-corrected chi connectivity index (χ2v) is 6.22. The summed E-state index contributed by atoms with van der Waals surface area (Å²) in [5, 5.41) is 2.82. The van der Waals surface area contributed by atoms with Crippen LogP contribution in [0.2, 0.25) is 0 Å². The van der Waals surface area contributed by atoms with Crippen LogP contribution in [0.4, 0.5) is 10.5 Å². The van der Waals surface area contributed by atoms with Gasteiger partial charge in [0.1, 0.15) is 0 Å². The number of nitrogens with zero attached hydrogens (tertiary/aromatic N) is 1. The second kappa shape index (κ2) is 6.07. The van der Waals surface area contributed by atoms with Crippen LogP contribution in [0.1, 0.15) is 45.0 Å². The van der Waals surface area contributed by atoms with Crippen LogP contribution < -0.4 is 5.32 Å². The molecule has 0 aliphatic carbocycles. The lowest BCUT2D eigenvalue weighted by atomic mass is 9.87. The number of carbonyl (C=O) groups excluding carboxylic acids is 2. The molecule has 0 fully saturated rings. The third-order valence-electron chi connectivity index (χ3n) is 3.67. The Balaban J connectivity index is 2.81. The van der Waals surface area contributed by atoms with Crippen molar-refractivity contribution in [1.29, 1.82) is 0 Å². The predicted molar refractivity (Wildman–Crippen MR) is 82.1 cm³/mol. The lowest BCUT2D eigenvalue weighted by Crippen LogP contribution is -2.44. The van der Waals surface area contributed by atoms with E-state index in [-0.39, 0.29) is 23.3 Å². The molecule has 20 heavy (non-hydrogen) atoms. The quantitative estimate of drug-likeness (QED) is 0.854. The van der Waals surface area contributed by atoms with E-state index < -0.39 is 0 Å². The third-order valence-corrected chi connectivity index (χ3v) is 3.67. The molecule has 1 rings (SSSR count). The van der Waals surface area contributed by atoms with Crippen LogP contribution in [0.25, 0.3) is 0 Å². The fourth-order valence-corrected chi connectivity index (χ4v) is 1.78. The van der Waals surface area contributed by atoms with Crippen molar-refractivity contribution in [3.8, 4) is 0 Å². The number of hydrogen-bond donors (Lipinski definition) is 1. The molecule has 1 aromatic carbocycles. The molecular weight excluding hydrogens is 252 g/mol. The summed E-state index contributed by atoms with van der Waals surface area (Å²) in [6.07, 6.45) is 0. The van der Waals surface area contributed by atoms with E-state index in [4.69, 9.17) is 0 Å². The molecule has 0 heterocycles. The van der Waals surface area contributed by atoms with E-state index in [1.54, 1.807) is 36.2 Å². The Labute approximate surface area is 121 Å². The van der Waals surface area contributed by atoms with Crippen molar-refractivity contribution in [2.45, 2.75) is 40.7 Å². The molecule has 1 unspecified atom stereocenters. The Morgan fingerprint density at radius 1 is 1.25 bits per heavy atom. The van der Waals surface area contributed by atoms with Crippen LogP contribution >= 0.6 is 0 Å². The first-order valence-electron chi connectivity index (χ1n) is 6.77. The number of ketones is 1. The van der Waals surface area contributed by atoms with Crippen molar-refractivity contribution in [1.82, 2.24) is 4.90 Å². The number of benzene rings is 1. The van der Waals surface area contributed by atoms with Gasteiger partial charge in [0, 0.05) is 24.3 Å². The number of carbonyl (C=O) groups is 2. The Morgan fingerprint density at radius 2 is 1.85 bits per heavy atom. The molecule has 4 heteroatoms. The maximum absolute atomic E-state index is 12.2. The SMILES string of the molecule is CC(=O)c1cccc(NC(=O)N(C)C(C)C(C)(C)C)c1. The summed E-state index contributed by atoms with van der Waals surface area (Å²) in [5.74, 6) is -0.0162. The zero-order valence-corrected chi connectivity index (χ0v) is 13.2. The van der Waals surface area contributed by atoms with Gasteiger partial charge in [-0.1, -0.05) is 32.9 Å². The van der Waals surface area contributed by atoms with Gasteiger partial charge in [-0.05, 0) is 31.4 Å². The highest BCUT2D eigenvalue weighted by Crippen LogP contribution is 2.23. The molecule has 110 valence electrons. The van der Waals surface area contributed by atoms with E-state index in [1.807, 2.05) is 6.92 Å². The molecule has 0 bridgehead atoms. The standard InChI is InChI=1S/C16H24N2O2/c1-11(19)13-8-7-9-14(10-13)17-15(20)18(6)12(2)16(3,4)5/h7-10,12H,1-6H3,(H,17,20). The van der Waals surface area contributed by atoms with E-state index in [0.29, 0.717) is 11.3 Å². The summed E-state index contributed by atoms with van der Waals surface area (Å²) >= 11 is 0. The average Bonchev–Trinajstić information content (AvgIpc) is 2.36. The Kier molecular flexibility index (Phi) is 4.93. The fraction of sp³-hybridized carbons (Fsp3) is 0.500. The van der Waals surface area contributed by atoms with E-state index >= 15 is 0 Å². The van der Waals surface area contributed by atoms with Crippen LogP contribution in [0.5, 0.6) is 0 Å². The molecule has 0 saturated carbocycles. The van der Waals surface area contributed by atoms with Gasteiger partial charge in [0.05, 0.1) is 0 Å². The Morgan fingerprint density at radius 3 is 2.35 bits per heavy atom. The van der Waals surface area contributed by atoms with Gasteiger partial charge in [-0.15, -0.1) is 0 Å². The molecule has 0 aliphatic heterocycles. The highest BCUT2D eigenvalue weighted by Gasteiger charge is 2.26. The highest BCUT2D eigenvalue weighted by molar-refractivity contribution is 5.96. The van der Waals surface area contributed by atoms with Gasteiger partial charge in [-0.2, -0.15) is 0 Å². The van der Waals surface area contributed by atoms with E-state index in [2.05, 4.69) is 26.1 Å². The molecule has 1 N–H and O–H groups in total. The summed E-state index contributed by atoms with van der Waals surface area (Å²) in [6, 6.07) is 6.89. The maximum Gasteiger partial charge on any atom is 0.321 e. The minimum atomic E-state index is -0.173. The molecule has 2 amide bonds. The van der Waals surface area contributed by atoms with Crippen LogP contribution in [-0.2, 0) is 0 Å². The molecule has 1 atom stereocenters. The van der Waals surface area contributed by atoms with Gasteiger partial charge in [-0.3, -0.25) is 4.79 Å². The summed E-state index contributed by atoms with van der Waals surface area (Å²) in [7, 11) is 1.78. The van der Waals surface area contributed by atoms with Crippen molar-refractivity contribution < 1.29 is 9.59 Å². The Bertz CT molecular complexity index is 503. The lowest BCUT2D eigenvalue weighted by molar-refractivity contribution is 0.101. The van der Waals surface area contributed by atoms with Gasteiger partial charge in [0.2, 0.25) is 0 Å². The molecular formula is C16H24N2O2. The number of hydrogen-bond acceptors (Lipinski definition) is 2. The highest BCUT2D eigenvalue weighted by atomic mass is 16.2. The molecule has 0 spiro atoms. The van der Waals surface area contributed by atoms with E-state index in [9.17, 15) is 9.59 Å². The van der Waals surface area contributed by atoms with E-state index in [1.165, 1.54) is 6.92 Å². The van der Waals surface area contributed by atoms with Gasteiger partial charge < -0.3 is 10.2 Å². The van der Waals surface area contributed by atoms with Crippen LogP contribution in [0, 0.1) is 5.41 Å². The van der Waals surface area contributed by atoms with Crippen LogP contribution in [0.3, 0.4) is 0 Å². The molecule has 4 nitrogen and oxygen atoms in total. The first-order valence-corrected chi connectivity index (χ1v) is 6.77. The molecule has 0 aromatic heterocycles. The number of anilines is 1. The summed E-state index contributed by atoms with van der Waals surface area (Å²) < 4.78 is 0. The largest absolute Gasteiger partial charge is 0.324 e. The number of Topliss-reactive ketones (excluding diaryl/α,β-unsaturated/α-hetero) is 1. The van der Waals surface area contributed by atoms with Gasteiger partial charge in [0.25, 0.3) is 0 Å². The lowest BCUT2D eigenvalue weighted by Gasteiger charge is -2.35. The third kappa shape index (κ3) is 4.08. The normalized spacial score (nSPS) is 12.7. The van der Waals surface area contributed by atoms with Crippen molar-refractivity contribution >= 4 is 17.5 Å². The van der Waals surface area contributed by atoms with Crippen LogP contribution in [0.15, 0.2) is 24.3 Å². The topological polar surface area (TPSA) is 49.4 Å². The Hall–Kier alpha value is -1.84. The molecule has 0 aliphatic rings. The second-order valence-electron chi connectivity index (χ2n) is 6.22. The summed E-state index contributed by atoms with van der Waals surface area (Å²) in [6.45, 7) is 9.81. The van der Waals surface area contributed by atoms with Gasteiger partial charge >= 0.3 is 6.03 Å². The van der Waals surface area contributed by atoms with Crippen molar-refractivity contribution in [3.05, 3.63) is 29.8 Å². The molecule has 0 radical (unpaired) electrons. The van der Waals surface area contributed by atoms with E-state index in [0.717, 1.165) is 0 Å². The summed E-state index contributed by atoms with van der Waals surface area (Å²) in [5.41, 5.74) is 1.23. The number of rotatable bonds is 3. The molecule has 1 aromatic rings. The maximum atomic E-state index is 12.2. The minimum absolute atomic E-state index is 0.00726. The molecule has 0 saturated heterocycles. The average molecular weight is 276 g/mol. The predicted octanol–water partition coefficient (Wildman–Crippen LogP) is 3.79. The number of amides is 2. The zero-order valence-electron chi connectivity index (χ0n) is 13.2. The summed E-state index contributed by atoms with van der Waals surface area (Å²) in [4.78, 5) is 25.2. The monoisotopic (exact) mass is 276 g/mol. The first kappa shape index (κ1) is 16.2. The van der Waals surface area contributed by atoms with Crippen molar-refractivity contribution in [2.75, 3.05) is 12.4 Å². The van der Waals surface area contributed by atoms with Crippen molar-refractivity contribution in [2.24, 2.45) is 5.41 Å². The van der Waals surface area contributed by atoms with Gasteiger partial charge in [0.15, 0.2) is 5.78 Å². The fourth-order valence-electron chi connectivity index (χ4n) is 1.78. The first-order chi connectivity index (χ1) is 9.12. The number of urea groups is 1. The zero-order chi connectivity index (χ0) is 15.5.